The van der Waals surface area contributed by atoms with Crippen molar-refractivity contribution in [2.45, 2.75) is 39.7 Å². The van der Waals surface area contributed by atoms with Gasteiger partial charge in [0.2, 0.25) is 0 Å². The van der Waals surface area contributed by atoms with Crippen molar-refractivity contribution in [2.24, 2.45) is 11.1 Å². The van der Waals surface area contributed by atoms with Gasteiger partial charge in [-0.1, -0.05) is 19.0 Å². The number of hydrogen-bond donors (Lipinski definition) is 0. The molecule has 0 fully saturated rings. The van der Waals surface area contributed by atoms with E-state index in [1.807, 2.05) is 0 Å². The van der Waals surface area contributed by atoms with Gasteiger partial charge in [0.15, 0.2) is 0 Å². The van der Waals surface area contributed by atoms with Crippen LogP contribution in [0.1, 0.15) is 33.6 Å². The number of oxime groups is 1. The summed E-state index contributed by atoms with van der Waals surface area (Å²) >= 11 is 0. The van der Waals surface area contributed by atoms with Gasteiger partial charge in [-0.3, -0.25) is 0 Å². The lowest BCUT2D eigenvalue weighted by atomic mass is 10.1. The lowest BCUT2D eigenvalue weighted by molar-refractivity contribution is 0.0349. The van der Waals surface area contributed by atoms with Gasteiger partial charge in [-0.15, -0.1) is 0 Å². The van der Waals surface area contributed by atoms with E-state index in [0.717, 1.165) is 19.4 Å². The van der Waals surface area contributed by atoms with Crippen molar-refractivity contribution in [3.05, 3.63) is 0 Å². The molecule has 0 saturated carbocycles. The fraction of sp³-hybridized carbons (Fsp3) is 0.900. The topological polar surface area (TPSA) is 30.8 Å². The zero-order valence-corrected chi connectivity index (χ0v) is 9.12. The molecule has 0 radical (unpaired) electrons. The van der Waals surface area contributed by atoms with Crippen molar-refractivity contribution in [1.29, 1.82) is 0 Å². The zero-order chi connectivity index (χ0) is 10.1. The summed E-state index contributed by atoms with van der Waals surface area (Å²) in [6, 6.07) is 0. The minimum absolute atomic E-state index is 0.347. The Morgan fingerprint density at radius 1 is 1.31 bits per heavy atom. The molecule has 0 saturated heterocycles. The zero-order valence-electron chi connectivity index (χ0n) is 9.12. The lowest BCUT2D eigenvalue weighted by Crippen LogP contribution is -2.15. The SMILES string of the molecule is CO/N=C/CCCO[C@H](C)C(C)C. The summed E-state index contributed by atoms with van der Waals surface area (Å²) in [4.78, 5) is 4.54. The highest BCUT2D eigenvalue weighted by molar-refractivity contribution is 5.56. The highest BCUT2D eigenvalue weighted by Crippen LogP contribution is 2.05. The van der Waals surface area contributed by atoms with E-state index < -0.39 is 0 Å². The first kappa shape index (κ1) is 12.4. The van der Waals surface area contributed by atoms with Crippen LogP contribution in [-0.4, -0.2) is 26.0 Å². The summed E-state index contributed by atoms with van der Waals surface area (Å²) in [5.41, 5.74) is 0. The van der Waals surface area contributed by atoms with Crippen LogP contribution in [0.15, 0.2) is 5.16 Å². The molecule has 0 N–H and O–H groups in total. The van der Waals surface area contributed by atoms with E-state index in [2.05, 4.69) is 30.8 Å². The van der Waals surface area contributed by atoms with Gasteiger partial charge in [-0.25, -0.2) is 0 Å². The maximum atomic E-state index is 5.58. The number of hydrogen-bond acceptors (Lipinski definition) is 3. The normalized spacial score (nSPS) is 13.9. The second-order valence-electron chi connectivity index (χ2n) is 3.43. The Morgan fingerprint density at radius 2 is 2.00 bits per heavy atom. The molecule has 0 aromatic carbocycles. The molecule has 0 aliphatic carbocycles. The van der Waals surface area contributed by atoms with Gasteiger partial charge in [-0.05, 0) is 25.7 Å². The molecule has 0 unspecified atom stereocenters. The third-order valence-electron chi connectivity index (χ3n) is 1.98. The van der Waals surface area contributed by atoms with Crippen LogP contribution < -0.4 is 0 Å². The van der Waals surface area contributed by atoms with Crippen molar-refractivity contribution in [2.75, 3.05) is 13.7 Å². The average Bonchev–Trinajstić information content (AvgIpc) is 2.10. The van der Waals surface area contributed by atoms with Crippen molar-refractivity contribution < 1.29 is 9.57 Å². The molecular weight excluding hydrogens is 166 g/mol. The van der Waals surface area contributed by atoms with E-state index in [9.17, 15) is 0 Å². The third kappa shape index (κ3) is 7.78. The molecule has 0 bridgehead atoms. The van der Waals surface area contributed by atoms with Crippen LogP contribution in [0.5, 0.6) is 0 Å². The van der Waals surface area contributed by atoms with Gasteiger partial charge in [0.1, 0.15) is 7.11 Å². The van der Waals surface area contributed by atoms with Gasteiger partial charge in [0, 0.05) is 12.8 Å². The van der Waals surface area contributed by atoms with Gasteiger partial charge in [0.25, 0.3) is 0 Å². The summed E-state index contributed by atoms with van der Waals surface area (Å²) in [6.07, 6.45) is 4.03. The highest BCUT2D eigenvalue weighted by atomic mass is 16.6. The molecule has 0 rings (SSSR count). The highest BCUT2D eigenvalue weighted by Gasteiger charge is 2.05. The number of unbranched alkanes of at least 4 members (excludes halogenated alkanes) is 1. The second-order valence-corrected chi connectivity index (χ2v) is 3.43. The number of ether oxygens (including phenoxy) is 1. The summed E-state index contributed by atoms with van der Waals surface area (Å²) in [5, 5.41) is 3.64. The van der Waals surface area contributed by atoms with Crippen LogP contribution in [0.4, 0.5) is 0 Å². The predicted molar refractivity (Wildman–Crippen MR) is 55.0 cm³/mol. The second kappa shape index (κ2) is 8.05. The number of nitrogens with zero attached hydrogens (tertiary/aromatic N) is 1. The van der Waals surface area contributed by atoms with E-state index in [1.54, 1.807) is 13.3 Å². The Balaban J connectivity index is 3.20. The molecular formula is C10H21NO2. The van der Waals surface area contributed by atoms with E-state index in [-0.39, 0.29) is 0 Å². The summed E-state index contributed by atoms with van der Waals surface area (Å²) < 4.78 is 5.58. The maximum Gasteiger partial charge on any atom is 0.106 e. The monoisotopic (exact) mass is 187 g/mol. The van der Waals surface area contributed by atoms with Crippen LogP contribution in [0.2, 0.25) is 0 Å². The van der Waals surface area contributed by atoms with Gasteiger partial charge >= 0.3 is 0 Å². The van der Waals surface area contributed by atoms with Gasteiger partial charge in [0.05, 0.1) is 6.10 Å². The molecule has 13 heavy (non-hydrogen) atoms. The minimum Gasteiger partial charge on any atom is -0.399 e. The van der Waals surface area contributed by atoms with Crippen molar-refractivity contribution in [1.82, 2.24) is 0 Å². The van der Waals surface area contributed by atoms with Crippen LogP contribution in [0.3, 0.4) is 0 Å². The molecule has 0 aromatic heterocycles. The molecule has 3 nitrogen and oxygen atoms in total. The maximum absolute atomic E-state index is 5.58. The Bertz CT molecular complexity index is 135. The molecule has 0 aliphatic heterocycles. The molecule has 0 aliphatic rings. The van der Waals surface area contributed by atoms with Crippen LogP contribution in [-0.2, 0) is 9.57 Å². The number of rotatable bonds is 7. The Hall–Kier alpha value is -0.570. The predicted octanol–water partition coefficient (Wildman–Crippen LogP) is 2.46. The van der Waals surface area contributed by atoms with Crippen LogP contribution in [0.25, 0.3) is 0 Å². The third-order valence-corrected chi connectivity index (χ3v) is 1.98. The van der Waals surface area contributed by atoms with Crippen molar-refractivity contribution in [3.8, 4) is 0 Å². The molecule has 0 aromatic rings. The average molecular weight is 187 g/mol. The van der Waals surface area contributed by atoms with Crippen LogP contribution in [0, 0.1) is 5.92 Å². The van der Waals surface area contributed by atoms with E-state index in [0.29, 0.717) is 12.0 Å². The molecule has 0 amide bonds. The van der Waals surface area contributed by atoms with Gasteiger partial charge < -0.3 is 9.57 Å². The smallest absolute Gasteiger partial charge is 0.106 e. The minimum atomic E-state index is 0.347. The van der Waals surface area contributed by atoms with E-state index >= 15 is 0 Å². The Kier molecular flexibility index (Phi) is 7.69. The van der Waals surface area contributed by atoms with Crippen LogP contribution >= 0.6 is 0 Å². The first-order valence-corrected chi connectivity index (χ1v) is 4.85. The molecule has 78 valence electrons. The van der Waals surface area contributed by atoms with E-state index in [4.69, 9.17) is 4.74 Å². The van der Waals surface area contributed by atoms with Crippen molar-refractivity contribution >= 4 is 6.21 Å². The fourth-order valence-electron chi connectivity index (χ4n) is 0.764. The fourth-order valence-corrected chi connectivity index (χ4v) is 0.764. The summed E-state index contributed by atoms with van der Waals surface area (Å²) in [5.74, 6) is 0.590. The molecule has 0 heterocycles. The molecule has 3 heteroatoms. The first-order chi connectivity index (χ1) is 6.18. The summed E-state index contributed by atoms with van der Waals surface area (Å²) in [6.45, 7) is 7.23. The molecule has 1 atom stereocenters. The van der Waals surface area contributed by atoms with E-state index in [1.165, 1.54) is 0 Å². The molecule has 0 spiro atoms. The largest absolute Gasteiger partial charge is 0.399 e. The van der Waals surface area contributed by atoms with Gasteiger partial charge in [-0.2, -0.15) is 0 Å². The standard InChI is InChI=1S/C10H21NO2/c1-9(2)10(3)13-8-6-5-7-11-12-4/h7,9-10H,5-6,8H2,1-4H3/b11-7+/t10-/m1/s1. The Labute approximate surface area is 81.1 Å². The van der Waals surface area contributed by atoms with Crippen molar-refractivity contribution in [3.63, 3.8) is 0 Å². The summed E-state index contributed by atoms with van der Waals surface area (Å²) in [7, 11) is 1.55. The first-order valence-electron chi connectivity index (χ1n) is 4.85. The quantitative estimate of drug-likeness (QED) is 0.348. The lowest BCUT2D eigenvalue weighted by Gasteiger charge is -2.15. The Morgan fingerprint density at radius 3 is 2.54 bits per heavy atom.